The zero-order chi connectivity index (χ0) is 25.3. The highest BCUT2D eigenvalue weighted by Crippen LogP contribution is 2.33. The molecule has 3 atom stereocenters. The van der Waals surface area contributed by atoms with Gasteiger partial charge in [-0.1, -0.05) is 33.8 Å². The van der Waals surface area contributed by atoms with E-state index in [4.69, 9.17) is 15.2 Å². The van der Waals surface area contributed by atoms with Gasteiger partial charge in [-0.2, -0.15) is 5.26 Å². The van der Waals surface area contributed by atoms with Gasteiger partial charge in [0.15, 0.2) is 5.65 Å². The molecule has 3 aromatic heterocycles. The molecule has 0 amide bonds. The van der Waals surface area contributed by atoms with Crippen LogP contribution in [0.5, 0.6) is 0 Å². The molecule has 0 aromatic carbocycles. The van der Waals surface area contributed by atoms with Gasteiger partial charge in [0.2, 0.25) is 0 Å². The summed E-state index contributed by atoms with van der Waals surface area (Å²) in [4.78, 5) is 27.3. The minimum absolute atomic E-state index is 0.0802. The van der Waals surface area contributed by atoms with Crippen LogP contribution < -0.4 is 10.5 Å². The second kappa shape index (κ2) is 10.2. The predicted molar refractivity (Wildman–Crippen MR) is 139 cm³/mol. The van der Waals surface area contributed by atoms with Crippen LogP contribution in [-0.4, -0.2) is 49.2 Å². The first-order valence-electron chi connectivity index (χ1n) is 12.7. The van der Waals surface area contributed by atoms with Gasteiger partial charge in [-0.25, -0.2) is 14.2 Å². The van der Waals surface area contributed by atoms with Gasteiger partial charge in [0, 0.05) is 56.2 Å². The van der Waals surface area contributed by atoms with E-state index in [2.05, 4.69) is 62.6 Å². The van der Waals surface area contributed by atoms with Crippen molar-refractivity contribution in [2.24, 2.45) is 7.05 Å². The first-order valence-corrected chi connectivity index (χ1v) is 12.7. The number of nitriles is 1. The Hall–Kier alpha value is -3.18. The molecule has 2 unspecified atom stereocenters. The Labute approximate surface area is 207 Å². The van der Waals surface area contributed by atoms with Crippen LogP contribution in [0.25, 0.3) is 5.65 Å². The summed E-state index contributed by atoms with van der Waals surface area (Å²) in [6.45, 7) is 12.8. The Bertz CT molecular complexity index is 1270. The summed E-state index contributed by atoms with van der Waals surface area (Å²) in [6, 6.07) is 9.08. The number of fused-ring (bicyclic) bond motifs is 1. The first kappa shape index (κ1) is 24.9. The number of nitrogens with zero attached hydrogens (tertiary/aromatic N) is 7. The summed E-state index contributed by atoms with van der Waals surface area (Å²) in [6.07, 6.45) is 6.01. The molecule has 0 N–H and O–H groups in total. The fourth-order valence-corrected chi connectivity index (χ4v) is 5.23. The van der Waals surface area contributed by atoms with Gasteiger partial charge >= 0.3 is 0 Å². The highest BCUT2D eigenvalue weighted by atomic mass is 16.1. The molecular weight excluding hydrogens is 438 g/mol. The normalized spacial score (nSPS) is 19.9. The smallest absolute Gasteiger partial charge is 0.267 e. The molecule has 8 heteroatoms. The largest absolute Gasteiger partial charge is 0.362 e. The van der Waals surface area contributed by atoms with Crippen molar-refractivity contribution in [1.29, 1.82) is 5.26 Å². The molecule has 1 aliphatic heterocycles. The second-order valence-electron chi connectivity index (χ2n) is 9.95. The van der Waals surface area contributed by atoms with E-state index in [1.165, 1.54) is 5.56 Å². The molecule has 3 aromatic rings. The molecule has 1 saturated heterocycles. The van der Waals surface area contributed by atoms with E-state index >= 15 is 0 Å². The molecule has 8 nitrogen and oxygen atoms in total. The number of piperazine rings is 1. The number of aryl methyl sites for hydroxylation is 1. The summed E-state index contributed by atoms with van der Waals surface area (Å²) < 4.78 is 3.34. The SMILES string of the molecule is CCC1CN(C(C)c2ccc(C(C)C)nc2)[C@H](CC)CN1c1cc(=O)n(C)n2cc(CC#N)nc12. The van der Waals surface area contributed by atoms with Crippen molar-refractivity contribution in [3.8, 4) is 6.07 Å². The van der Waals surface area contributed by atoms with Gasteiger partial charge in [0.1, 0.15) is 0 Å². The minimum atomic E-state index is -0.0802. The minimum Gasteiger partial charge on any atom is -0.362 e. The number of anilines is 1. The lowest BCUT2D eigenvalue weighted by molar-refractivity contribution is 0.101. The Kier molecular flexibility index (Phi) is 7.27. The van der Waals surface area contributed by atoms with Gasteiger partial charge in [-0.3, -0.25) is 14.7 Å². The van der Waals surface area contributed by atoms with E-state index in [-0.39, 0.29) is 24.1 Å². The topological polar surface area (TPSA) is 82.5 Å². The third-order valence-electron chi connectivity index (χ3n) is 7.50. The van der Waals surface area contributed by atoms with Gasteiger partial charge in [0.25, 0.3) is 5.56 Å². The summed E-state index contributed by atoms with van der Waals surface area (Å²) in [5, 5.41) is 9.16. The summed E-state index contributed by atoms with van der Waals surface area (Å²) in [5.41, 5.74) is 4.55. The maximum absolute atomic E-state index is 12.8. The fraction of sp³-hybridized carbons (Fsp3) is 0.556. The molecule has 0 bridgehead atoms. The molecule has 4 heterocycles. The van der Waals surface area contributed by atoms with Crippen LogP contribution >= 0.6 is 0 Å². The summed E-state index contributed by atoms with van der Waals surface area (Å²) >= 11 is 0. The monoisotopic (exact) mass is 475 g/mol. The van der Waals surface area contributed by atoms with Crippen LogP contribution in [0.2, 0.25) is 0 Å². The number of hydrogen-bond donors (Lipinski definition) is 0. The molecule has 186 valence electrons. The van der Waals surface area contributed by atoms with E-state index < -0.39 is 0 Å². The highest BCUT2D eigenvalue weighted by Gasteiger charge is 2.36. The van der Waals surface area contributed by atoms with Gasteiger partial charge in [0.05, 0.1) is 30.1 Å². The number of pyridine rings is 1. The number of imidazole rings is 1. The maximum Gasteiger partial charge on any atom is 0.267 e. The van der Waals surface area contributed by atoms with Crippen LogP contribution in [0.1, 0.15) is 76.4 Å². The van der Waals surface area contributed by atoms with Crippen LogP contribution in [0.15, 0.2) is 35.4 Å². The highest BCUT2D eigenvalue weighted by molar-refractivity contribution is 5.69. The predicted octanol–water partition coefficient (Wildman–Crippen LogP) is 4.06. The average molecular weight is 476 g/mol. The molecule has 0 radical (unpaired) electrons. The molecule has 4 rings (SSSR count). The molecule has 1 aliphatic rings. The average Bonchev–Trinajstić information content (AvgIpc) is 3.29. The van der Waals surface area contributed by atoms with Crippen molar-refractivity contribution >= 4 is 11.3 Å². The first-order chi connectivity index (χ1) is 16.8. The zero-order valence-electron chi connectivity index (χ0n) is 21.8. The van der Waals surface area contributed by atoms with Crippen LogP contribution in [0.4, 0.5) is 5.69 Å². The quantitative estimate of drug-likeness (QED) is 0.513. The Balaban J connectivity index is 1.69. The third kappa shape index (κ3) is 4.70. The maximum atomic E-state index is 12.8. The van der Waals surface area contributed by atoms with Crippen LogP contribution in [-0.2, 0) is 13.5 Å². The van der Waals surface area contributed by atoms with E-state index in [1.54, 1.807) is 28.5 Å². The Morgan fingerprint density at radius 1 is 1.14 bits per heavy atom. The lowest BCUT2D eigenvalue weighted by Gasteiger charge is -2.49. The number of rotatable bonds is 7. The van der Waals surface area contributed by atoms with E-state index in [0.717, 1.165) is 43.0 Å². The van der Waals surface area contributed by atoms with Crippen LogP contribution in [0, 0.1) is 11.3 Å². The van der Waals surface area contributed by atoms with Crippen molar-refractivity contribution in [3.63, 3.8) is 0 Å². The lowest BCUT2D eigenvalue weighted by Crippen LogP contribution is -2.59. The molecule has 0 saturated carbocycles. The standard InChI is InChI=1S/C27H37N7O/c1-7-22-17-33(25-13-26(35)31(6)34-15-21(11-12-28)30-27(25)34)23(8-2)16-32(22)19(5)20-9-10-24(18(3)4)29-14-20/h9-10,13-15,18-19,22-23H,7-8,11,16-17H2,1-6H3/t19?,22-,23?/m1/s1. The van der Waals surface area contributed by atoms with Gasteiger partial charge in [-0.05, 0) is 37.3 Å². The number of aromatic nitrogens is 4. The number of hydrogen-bond acceptors (Lipinski definition) is 6. The van der Waals surface area contributed by atoms with Gasteiger partial charge < -0.3 is 4.90 Å². The lowest BCUT2D eigenvalue weighted by atomic mass is 9.97. The van der Waals surface area contributed by atoms with Crippen LogP contribution in [0.3, 0.4) is 0 Å². The van der Waals surface area contributed by atoms with Gasteiger partial charge in [-0.15, -0.1) is 0 Å². The molecule has 35 heavy (non-hydrogen) atoms. The fourth-order valence-electron chi connectivity index (χ4n) is 5.23. The van der Waals surface area contributed by atoms with Crippen molar-refractivity contribution in [2.75, 3.05) is 18.0 Å². The zero-order valence-corrected chi connectivity index (χ0v) is 21.8. The molecule has 1 fully saturated rings. The third-order valence-corrected chi connectivity index (χ3v) is 7.50. The van der Waals surface area contributed by atoms with E-state index in [1.807, 2.05) is 6.20 Å². The molecule has 0 aliphatic carbocycles. The van der Waals surface area contributed by atoms with Crippen molar-refractivity contribution < 1.29 is 0 Å². The van der Waals surface area contributed by atoms with E-state index in [0.29, 0.717) is 17.7 Å². The van der Waals surface area contributed by atoms with Crippen molar-refractivity contribution in [2.45, 2.75) is 77.9 Å². The van der Waals surface area contributed by atoms with E-state index in [9.17, 15) is 4.79 Å². The second-order valence-corrected chi connectivity index (χ2v) is 9.95. The Morgan fingerprint density at radius 2 is 1.89 bits per heavy atom. The summed E-state index contributed by atoms with van der Waals surface area (Å²) in [5.74, 6) is 0.419. The van der Waals surface area contributed by atoms with Crippen molar-refractivity contribution in [3.05, 3.63) is 57.9 Å². The Morgan fingerprint density at radius 3 is 2.49 bits per heavy atom. The summed E-state index contributed by atoms with van der Waals surface area (Å²) in [7, 11) is 1.74. The molecular formula is C27H37N7O. The van der Waals surface area contributed by atoms with Crippen molar-refractivity contribution in [1.82, 2.24) is 24.1 Å². The molecule has 0 spiro atoms.